The molecule has 5 nitrogen and oxygen atoms in total. The summed E-state index contributed by atoms with van der Waals surface area (Å²) in [6, 6.07) is 10.2. The van der Waals surface area contributed by atoms with Crippen molar-refractivity contribution < 1.29 is 9.53 Å². The van der Waals surface area contributed by atoms with Crippen LogP contribution < -0.4 is 16.2 Å². The van der Waals surface area contributed by atoms with E-state index in [1.807, 2.05) is 18.2 Å². The Bertz CT molecular complexity index is 602. The van der Waals surface area contributed by atoms with E-state index >= 15 is 0 Å². The molecule has 1 aromatic carbocycles. The lowest BCUT2D eigenvalue weighted by Crippen LogP contribution is -2.13. The number of anilines is 1. The number of aromatic nitrogens is 1. The number of benzene rings is 1. The Hall–Kier alpha value is -2.08. The second-order valence-electron chi connectivity index (χ2n) is 3.49. The molecule has 0 bridgehead atoms. The summed E-state index contributed by atoms with van der Waals surface area (Å²) in [4.78, 5) is 15.0. The molecule has 4 N–H and O–H groups in total. The summed E-state index contributed by atoms with van der Waals surface area (Å²) in [6.07, 6.45) is 0. The fourth-order valence-corrected chi connectivity index (χ4v) is 1.67. The molecule has 0 aliphatic heterocycles. The van der Waals surface area contributed by atoms with Gasteiger partial charge in [0.25, 0.3) is 5.91 Å². The quantitative estimate of drug-likeness (QED) is 0.910. The molecule has 0 radical (unpaired) electrons. The summed E-state index contributed by atoms with van der Waals surface area (Å²) in [5.41, 5.74) is 11.3. The van der Waals surface area contributed by atoms with Crippen molar-refractivity contribution in [3.63, 3.8) is 0 Å². The number of hydrogen-bond acceptors (Lipinski definition) is 4. The molecule has 1 amide bonds. The molecule has 92 valence electrons. The lowest BCUT2D eigenvalue weighted by molar-refractivity contribution is 0.0995. The van der Waals surface area contributed by atoms with E-state index in [4.69, 9.17) is 16.2 Å². The minimum atomic E-state index is -0.632. The maximum absolute atomic E-state index is 11.0. The van der Waals surface area contributed by atoms with Crippen molar-refractivity contribution in [2.75, 3.05) is 5.73 Å². The van der Waals surface area contributed by atoms with Gasteiger partial charge in [0.2, 0.25) is 5.88 Å². The minimum absolute atomic E-state index is 0.103. The Balaban J connectivity index is 2.37. The van der Waals surface area contributed by atoms with Gasteiger partial charge in [0.1, 0.15) is 11.4 Å². The molecule has 0 atom stereocenters. The zero-order valence-electron chi connectivity index (χ0n) is 9.26. The van der Waals surface area contributed by atoms with E-state index in [-0.39, 0.29) is 11.6 Å². The highest BCUT2D eigenvalue weighted by Crippen LogP contribution is 2.31. The molecule has 0 fully saturated rings. The van der Waals surface area contributed by atoms with Crippen molar-refractivity contribution >= 4 is 27.5 Å². The van der Waals surface area contributed by atoms with Gasteiger partial charge in [-0.1, -0.05) is 12.1 Å². The van der Waals surface area contributed by atoms with E-state index in [9.17, 15) is 4.79 Å². The maximum Gasteiger partial charge on any atom is 0.267 e. The van der Waals surface area contributed by atoms with Crippen LogP contribution >= 0.6 is 15.9 Å². The molecule has 0 aliphatic carbocycles. The van der Waals surface area contributed by atoms with Crippen LogP contribution in [-0.4, -0.2) is 10.9 Å². The molecule has 2 aromatic rings. The summed E-state index contributed by atoms with van der Waals surface area (Å²) >= 11 is 3.34. The molecule has 0 unspecified atom stereocenters. The maximum atomic E-state index is 11.0. The summed E-state index contributed by atoms with van der Waals surface area (Å²) in [6.45, 7) is 0. The third-order valence-electron chi connectivity index (χ3n) is 2.19. The van der Waals surface area contributed by atoms with Crippen LogP contribution in [0.25, 0.3) is 0 Å². The molecule has 0 saturated heterocycles. The first-order valence-corrected chi connectivity index (χ1v) is 5.86. The number of ether oxygens (including phenoxy) is 1. The van der Waals surface area contributed by atoms with E-state index in [1.165, 1.54) is 12.1 Å². The van der Waals surface area contributed by atoms with Crippen LogP contribution in [0.5, 0.6) is 11.6 Å². The predicted octanol–water partition coefficient (Wildman–Crippen LogP) is 2.32. The number of nitrogens with zero attached hydrogens (tertiary/aromatic N) is 1. The van der Waals surface area contributed by atoms with Gasteiger partial charge in [0.15, 0.2) is 0 Å². The molecular formula is C12H10BrN3O2. The van der Waals surface area contributed by atoms with Crippen LogP contribution in [0.4, 0.5) is 5.69 Å². The highest BCUT2D eigenvalue weighted by Gasteiger charge is 2.10. The molecule has 0 saturated carbocycles. The summed E-state index contributed by atoms with van der Waals surface area (Å²) in [7, 11) is 0. The molecule has 1 heterocycles. The fraction of sp³-hybridized carbons (Fsp3) is 0. The number of carbonyl (C=O) groups excluding carboxylic acids is 1. The minimum Gasteiger partial charge on any atom is -0.436 e. The molecule has 1 aromatic heterocycles. The number of rotatable bonds is 3. The fourth-order valence-electron chi connectivity index (χ4n) is 1.30. The van der Waals surface area contributed by atoms with Gasteiger partial charge in [-0.15, -0.1) is 0 Å². The average Bonchev–Trinajstić information content (AvgIpc) is 2.34. The van der Waals surface area contributed by atoms with Gasteiger partial charge in [-0.05, 0) is 40.2 Å². The monoisotopic (exact) mass is 307 g/mol. The number of halogens is 1. The van der Waals surface area contributed by atoms with Crippen molar-refractivity contribution in [2.24, 2.45) is 5.73 Å². The first-order chi connectivity index (χ1) is 8.58. The van der Waals surface area contributed by atoms with E-state index in [2.05, 4.69) is 20.9 Å². The number of primary amides is 1. The SMILES string of the molecule is NC(=O)c1ccc(N)c(Oc2ccccc2Br)n1. The topological polar surface area (TPSA) is 91.2 Å². The average molecular weight is 308 g/mol. The number of amides is 1. The van der Waals surface area contributed by atoms with E-state index in [0.29, 0.717) is 11.4 Å². The van der Waals surface area contributed by atoms with Gasteiger partial charge in [0.05, 0.1) is 10.2 Å². The van der Waals surface area contributed by atoms with Crippen LogP contribution in [0.15, 0.2) is 40.9 Å². The van der Waals surface area contributed by atoms with Gasteiger partial charge in [0, 0.05) is 0 Å². The summed E-state index contributed by atoms with van der Waals surface area (Å²) < 4.78 is 6.30. The Kier molecular flexibility index (Phi) is 3.47. The van der Waals surface area contributed by atoms with Crippen LogP contribution in [0, 0.1) is 0 Å². The Morgan fingerprint density at radius 1 is 1.22 bits per heavy atom. The lowest BCUT2D eigenvalue weighted by atomic mass is 10.3. The number of pyridine rings is 1. The lowest BCUT2D eigenvalue weighted by Gasteiger charge is -2.09. The van der Waals surface area contributed by atoms with Crippen LogP contribution in [0.3, 0.4) is 0 Å². The number of nitrogen functional groups attached to an aromatic ring is 1. The summed E-state index contributed by atoms with van der Waals surface area (Å²) in [5.74, 6) is 0.0727. The van der Waals surface area contributed by atoms with Gasteiger partial charge < -0.3 is 16.2 Å². The highest BCUT2D eigenvalue weighted by molar-refractivity contribution is 9.10. The van der Waals surface area contributed by atoms with Crippen LogP contribution in [0.2, 0.25) is 0 Å². The van der Waals surface area contributed by atoms with Crippen molar-refractivity contribution in [1.29, 1.82) is 0 Å². The van der Waals surface area contributed by atoms with E-state index in [0.717, 1.165) is 4.47 Å². The zero-order chi connectivity index (χ0) is 13.1. The second-order valence-corrected chi connectivity index (χ2v) is 4.34. The van der Waals surface area contributed by atoms with Crippen LogP contribution in [0.1, 0.15) is 10.5 Å². The molecule has 0 spiro atoms. The predicted molar refractivity (Wildman–Crippen MR) is 71.4 cm³/mol. The highest BCUT2D eigenvalue weighted by atomic mass is 79.9. The Labute approximate surface area is 112 Å². The molecular weight excluding hydrogens is 298 g/mol. The van der Waals surface area contributed by atoms with Gasteiger partial charge >= 0.3 is 0 Å². The first-order valence-electron chi connectivity index (χ1n) is 5.06. The standard InChI is InChI=1S/C12H10BrN3O2/c13-7-3-1-2-4-10(7)18-12-8(14)5-6-9(16-12)11(15)17/h1-6H,14H2,(H2,15,17). The number of para-hydroxylation sites is 1. The van der Waals surface area contributed by atoms with E-state index in [1.54, 1.807) is 6.07 Å². The second kappa shape index (κ2) is 5.05. The zero-order valence-corrected chi connectivity index (χ0v) is 10.8. The van der Waals surface area contributed by atoms with Crippen molar-refractivity contribution in [2.45, 2.75) is 0 Å². The molecule has 18 heavy (non-hydrogen) atoms. The van der Waals surface area contributed by atoms with Crippen molar-refractivity contribution in [3.8, 4) is 11.6 Å². The molecule has 2 rings (SSSR count). The molecule has 0 aliphatic rings. The third kappa shape index (κ3) is 2.60. The van der Waals surface area contributed by atoms with Gasteiger partial charge in [-0.25, -0.2) is 4.98 Å². The number of nitrogens with two attached hydrogens (primary N) is 2. The molecule has 6 heteroatoms. The normalized spacial score (nSPS) is 10.1. The largest absolute Gasteiger partial charge is 0.436 e. The Morgan fingerprint density at radius 3 is 2.61 bits per heavy atom. The Morgan fingerprint density at radius 2 is 1.94 bits per heavy atom. The third-order valence-corrected chi connectivity index (χ3v) is 2.84. The summed E-state index contributed by atoms with van der Waals surface area (Å²) in [5, 5.41) is 0. The van der Waals surface area contributed by atoms with Gasteiger partial charge in [-0.3, -0.25) is 4.79 Å². The van der Waals surface area contributed by atoms with Gasteiger partial charge in [-0.2, -0.15) is 0 Å². The number of carbonyl (C=O) groups is 1. The number of hydrogen-bond donors (Lipinski definition) is 2. The van der Waals surface area contributed by atoms with E-state index < -0.39 is 5.91 Å². The first kappa shape index (κ1) is 12.4. The van der Waals surface area contributed by atoms with Crippen molar-refractivity contribution in [1.82, 2.24) is 4.98 Å². The van der Waals surface area contributed by atoms with Crippen molar-refractivity contribution in [3.05, 3.63) is 46.6 Å². The smallest absolute Gasteiger partial charge is 0.267 e. The van der Waals surface area contributed by atoms with Crippen LogP contribution in [-0.2, 0) is 0 Å².